The molecule has 4 atom stereocenters. The number of hydrogen-bond donors (Lipinski definition) is 2. The summed E-state index contributed by atoms with van der Waals surface area (Å²) in [6.07, 6.45) is -0.171. The SMILES string of the molecule is COCCOCCOc1ccc(-c2ccc(-c3nc4cc(OCC[C@@H]5CO[C@H]6[C@@H]5OC[C@H]6O)[nH]c4cc3F)cc2)cc1. The molecule has 0 saturated carbocycles. The van der Waals surface area contributed by atoms with Gasteiger partial charge in [-0.1, -0.05) is 36.4 Å². The number of pyridine rings is 1. The van der Waals surface area contributed by atoms with E-state index in [1.807, 2.05) is 48.5 Å². The number of aliphatic hydroxyl groups is 1. The Morgan fingerprint density at radius 1 is 0.857 bits per heavy atom. The second-order valence-electron chi connectivity index (χ2n) is 10.5. The Bertz CT molecular complexity index is 1460. The molecule has 4 heterocycles. The molecule has 42 heavy (non-hydrogen) atoms. The Morgan fingerprint density at radius 3 is 2.36 bits per heavy atom. The molecule has 9 nitrogen and oxygen atoms in total. The topological polar surface area (TPSA) is 104 Å². The molecule has 0 radical (unpaired) electrons. The van der Waals surface area contributed by atoms with E-state index in [1.54, 1.807) is 13.2 Å². The number of aliphatic hydroxyl groups excluding tert-OH is 1. The summed E-state index contributed by atoms with van der Waals surface area (Å²) in [4.78, 5) is 7.68. The van der Waals surface area contributed by atoms with Crippen molar-refractivity contribution in [1.82, 2.24) is 9.97 Å². The van der Waals surface area contributed by atoms with Crippen LogP contribution in [0.5, 0.6) is 11.6 Å². The van der Waals surface area contributed by atoms with Crippen LogP contribution in [0.1, 0.15) is 6.42 Å². The van der Waals surface area contributed by atoms with Gasteiger partial charge in [0.2, 0.25) is 0 Å². The molecule has 0 spiro atoms. The van der Waals surface area contributed by atoms with Crippen molar-refractivity contribution in [1.29, 1.82) is 0 Å². The van der Waals surface area contributed by atoms with Crippen molar-refractivity contribution in [3.63, 3.8) is 0 Å². The maximum Gasteiger partial charge on any atom is 0.193 e. The minimum absolute atomic E-state index is 0.0913. The predicted molar refractivity (Wildman–Crippen MR) is 154 cm³/mol. The van der Waals surface area contributed by atoms with Crippen molar-refractivity contribution in [3.8, 4) is 34.0 Å². The van der Waals surface area contributed by atoms with Crippen LogP contribution in [0.3, 0.4) is 0 Å². The van der Waals surface area contributed by atoms with Crippen LogP contribution in [0, 0.1) is 11.7 Å². The lowest BCUT2D eigenvalue weighted by Gasteiger charge is -2.15. The van der Waals surface area contributed by atoms with E-state index in [1.165, 1.54) is 6.07 Å². The number of aromatic nitrogens is 2. The first kappa shape index (κ1) is 28.6. The molecule has 4 aromatic rings. The Balaban J connectivity index is 1.05. The van der Waals surface area contributed by atoms with E-state index in [9.17, 15) is 5.11 Å². The minimum Gasteiger partial charge on any atom is -0.491 e. The van der Waals surface area contributed by atoms with Crippen LogP contribution in [0.2, 0.25) is 0 Å². The van der Waals surface area contributed by atoms with E-state index < -0.39 is 11.9 Å². The molecule has 2 aliphatic rings. The summed E-state index contributed by atoms with van der Waals surface area (Å²) >= 11 is 0. The first-order valence-corrected chi connectivity index (χ1v) is 14.2. The van der Waals surface area contributed by atoms with Crippen LogP contribution in [0.4, 0.5) is 4.39 Å². The Labute approximate surface area is 243 Å². The van der Waals surface area contributed by atoms with Crippen molar-refractivity contribution in [2.75, 3.05) is 53.4 Å². The largest absolute Gasteiger partial charge is 0.491 e. The lowest BCUT2D eigenvalue weighted by molar-refractivity contribution is 0.0163. The number of halogens is 1. The van der Waals surface area contributed by atoms with Gasteiger partial charge in [-0.2, -0.15) is 0 Å². The van der Waals surface area contributed by atoms with E-state index in [-0.39, 0.29) is 23.8 Å². The predicted octanol–water partition coefficient (Wildman–Crippen LogP) is 4.62. The summed E-state index contributed by atoms with van der Waals surface area (Å²) < 4.78 is 48.4. The Hall–Kier alpha value is -3.54. The normalized spacial score (nSPS) is 21.6. The molecule has 0 aliphatic carbocycles. The zero-order valence-electron chi connectivity index (χ0n) is 23.5. The van der Waals surface area contributed by atoms with Crippen molar-refractivity contribution >= 4 is 11.0 Å². The molecule has 2 fully saturated rings. The van der Waals surface area contributed by atoms with Crippen LogP contribution in [0.25, 0.3) is 33.4 Å². The third kappa shape index (κ3) is 6.43. The van der Waals surface area contributed by atoms with E-state index in [0.717, 1.165) is 23.3 Å². The number of rotatable bonds is 13. The van der Waals surface area contributed by atoms with Crippen LogP contribution in [-0.2, 0) is 18.9 Å². The van der Waals surface area contributed by atoms with Gasteiger partial charge in [0.05, 0.1) is 56.8 Å². The highest BCUT2D eigenvalue weighted by Crippen LogP contribution is 2.33. The van der Waals surface area contributed by atoms with Crippen molar-refractivity contribution < 1.29 is 37.9 Å². The lowest BCUT2D eigenvalue weighted by Crippen LogP contribution is -2.29. The Morgan fingerprint density at radius 2 is 1.57 bits per heavy atom. The van der Waals surface area contributed by atoms with Gasteiger partial charge in [-0.05, 0) is 29.7 Å². The van der Waals surface area contributed by atoms with E-state index in [2.05, 4.69) is 9.97 Å². The third-order valence-corrected chi connectivity index (χ3v) is 7.68. The van der Waals surface area contributed by atoms with Crippen molar-refractivity contribution in [2.45, 2.75) is 24.7 Å². The summed E-state index contributed by atoms with van der Waals surface area (Å²) in [5, 5.41) is 9.92. The molecule has 2 aromatic heterocycles. The molecule has 0 bridgehead atoms. The quantitative estimate of drug-likeness (QED) is 0.222. The maximum absolute atomic E-state index is 15.1. The van der Waals surface area contributed by atoms with Gasteiger partial charge in [0.25, 0.3) is 0 Å². The average Bonchev–Trinajstić information content (AvgIpc) is 3.71. The molecular weight excluding hydrogens is 543 g/mol. The number of H-pyrrole nitrogens is 1. The van der Waals surface area contributed by atoms with Gasteiger partial charge in [-0.15, -0.1) is 0 Å². The fourth-order valence-corrected chi connectivity index (χ4v) is 5.44. The maximum atomic E-state index is 15.1. The van der Waals surface area contributed by atoms with Gasteiger partial charge in [-0.25, -0.2) is 9.37 Å². The zero-order chi connectivity index (χ0) is 28.9. The smallest absolute Gasteiger partial charge is 0.193 e. The van der Waals surface area contributed by atoms with E-state index in [0.29, 0.717) is 68.7 Å². The summed E-state index contributed by atoms with van der Waals surface area (Å²) in [5.41, 5.74) is 4.18. The standard InChI is InChI=1S/C32H35FN2O7/c1-37-12-13-38-14-15-39-24-8-6-21(7-9-24)20-2-4-22(5-3-20)30-25(33)16-26-27(35-30)17-29(34-26)40-11-10-23-18-41-32-28(36)19-42-31(23)32/h2-9,16-17,23,28,31-32,34,36H,10-15,18-19H2,1H3/t23-,28-,31-,32-/m1/s1. The minimum atomic E-state index is -0.560. The van der Waals surface area contributed by atoms with Gasteiger partial charge in [0, 0.05) is 30.7 Å². The van der Waals surface area contributed by atoms with Gasteiger partial charge in [0.1, 0.15) is 30.3 Å². The highest BCUT2D eigenvalue weighted by Gasteiger charge is 2.46. The number of nitrogens with zero attached hydrogens (tertiary/aromatic N) is 1. The van der Waals surface area contributed by atoms with Crippen molar-refractivity contribution in [2.24, 2.45) is 5.92 Å². The number of fused-ring (bicyclic) bond motifs is 2. The molecule has 222 valence electrons. The summed E-state index contributed by atoms with van der Waals surface area (Å²) in [5.74, 6) is 1.05. The summed E-state index contributed by atoms with van der Waals surface area (Å²) in [6, 6.07) is 18.7. The highest BCUT2D eigenvalue weighted by atomic mass is 19.1. The molecule has 0 unspecified atom stereocenters. The van der Waals surface area contributed by atoms with E-state index in [4.69, 9.17) is 28.4 Å². The lowest BCUT2D eigenvalue weighted by atomic mass is 9.98. The number of ether oxygens (including phenoxy) is 6. The molecule has 2 N–H and O–H groups in total. The fourth-order valence-electron chi connectivity index (χ4n) is 5.44. The molecule has 6 rings (SSSR count). The number of aromatic amines is 1. The molecular formula is C32H35FN2O7. The fraction of sp³-hybridized carbons (Fsp3) is 0.406. The molecule has 2 aromatic carbocycles. The van der Waals surface area contributed by atoms with Crippen molar-refractivity contribution in [3.05, 3.63) is 66.5 Å². The zero-order valence-corrected chi connectivity index (χ0v) is 23.5. The summed E-state index contributed by atoms with van der Waals surface area (Å²) in [6.45, 7) is 3.37. The van der Waals surface area contributed by atoms with Crippen LogP contribution < -0.4 is 9.47 Å². The summed E-state index contributed by atoms with van der Waals surface area (Å²) in [7, 11) is 1.64. The van der Waals surface area contributed by atoms with E-state index >= 15 is 4.39 Å². The first-order chi connectivity index (χ1) is 20.6. The monoisotopic (exact) mass is 578 g/mol. The number of benzene rings is 2. The van der Waals surface area contributed by atoms with Crippen LogP contribution >= 0.6 is 0 Å². The average molecular weight is 579 g/mol. The van der Waals surface area contributed by atoms with Crippen LogP contribution in [0.15, 0.2) is 60.7 Å². The molecule has 2 aliphatic heterocycles. The molecule has 10 heteroatoms. The van der Waals surface area contributed by atoms with Gasteiger partial charge in [-0.3, -0.25) is 0 Å². The molecule has 0 amide bonds. The number of hydrogen-bond acceptors (Lipinski definition) is 8. The Kier molecular flexibility index (Phi) is 8.97. The third-order valence-electron chi connectivity index (χ3n) is 7.68. The first-order valence-electron chi connectivity index (χ1n) is 14.2. The number of methoxy groups -OCH3 is 1. The molecule has 2 saturated heterocycles. The highest BCUT2D eigenvalue weighted by molar-refractivity contribution is 5.81. The second-order valence-corrected chi connectivity index (χ2v) is 10.5. The van der Waals surface area contributed by atoms with Gasteiger partial charge < -0.3 is 38.5 Å². The van der Waals surface area contributed by atoms with Gasteiger partial charge in [0.15, 0.2) is 11.7 Å². The number of nitrogens with one attached hydrogen (secondary N) is 1. The van der Waals surface area contributed by atoms with Crippen LogP contribution in [-0.4, -0.2) is 86.7 Å². The second kappa shape index (κ2) is 13.2. The van der Waals surface area contributed by atoms with Gasteiger partial charge >= 0.3 is 0 Å².